The third-order valence-corrected chi connectivity index (χ3v) is 11.3. The van der Waals surface area contributed by atoms with Crippen LogP contribution in [0.2, 0.25) is 0 Å². The SMILES string of the molecule is CC(C)O.CCCCCCCCCCCCc1ccccc1S(=O)(=O)O.CCCCCCCCCCCCc1ccccc1S(=O)(=O)O.CNCCS(=O)(=O)O.[Ti]. The Bertz CT molecular complexity index is 1460. The molecule has 0 atom stereocenters. The first kappa shape index (κ1) is 60.1. The van der Waals surface area contributed by atoms with Crippen molar-refractivity contribution in [3.05, 3.63) is 59.7 Å². The minimum absolute atomic E-state index is 0. The molecule has 0 heterocycles. The first-order chi connectivity index (χ1) is 26.4. The van der Waals surface area contributed by atoms with Crippen molar-refractivity contribution >= 4 is 30.4 Å². The average Bonchev–Trinajstić information content (AvgIpc) is 3.12. The van der Waals surface area contributed by atoms with E-state index in [1.54, 1.807) is 45.2 Å². The van der Waals surface area contributed by atoms with Crippen molar-refractivity contribution in [2.75, 3.05) is 19.3 Å². The summed E-state index contributed by atoms with van der Waals surface area (Å²) in [7, 11) is -10.3. The molecule has 0 saturated heterocycles. The topological polar surface area (TPSA) is 195 Å². The number of unbranched alkanes of at least 4 members (excludes halogenated alkanes) is 18. The van der Waals surface area contributed by atoms with Crippen molar-refractivity contribution < 1.29 is 65.7 Å². The molecule has 2 aromatic carbocycles. The summed E-state index contributed by atoms with van der Waals surface area (Å²) in [4.78, 5) is 0.122. The van der Waals surface area contributed by atoms with Gasteiger partial charge in [-0.15, -0.1) is 0 Å². The quantitative estimate of drug-likeness (QED) is 0.0325. The number of aliphatic hydroxyl groups is 1. The van der Waals surface area contributed by atoms with Crippen LogP contribution in [0.3, 0.4) is 0 Å². The van der Waals surface area contributed by atoms with Crippen LogP contribution in [0.15, 0.2) is 58.3 Å². The molecule has 0 radical (unpaired) electrons. The van der Waals surface area contributed by atoms with Crippen LogP contribution in [0, 0.1) is 0 Å². The standard InChI is InChI=1S/2C18H30O3S.C3H9NO3S.C3H8O.Ti/c2*1-2-3-4-5-6-7-8-9-10-11-14-17-15-12-13-16-18(17)22(19,20)21;1-4-2-3-8(5,6)7;1-3(2)4;/h2*12-13,15-16H,2-11,14H2,1H3,(H,19,20,21);4H,2-3H2,1H3,(H,5,6,7);3-4H,1-2H3;. The zero-order valence-electron chi connectivity index (χ0n) is 35.6. The fourth-order valence-electron chi connectivity index (χ4n) is 5.76. The maximum atomic E-state index is 11.3. The molecular formula is C42H77NO10S3Ti. The number of aryl methyl sites for hydroxylation is 2. The number of hydrogen-bond donors (Lipinski definition) is 5. The molecule has 0 aliphatic rings. The molecule has 0 fully saturated rings. The van der Waals surface area contributed by atoms with E-state index in [-0.39, 0.29) is 43.4 Å². The molecule has 2 rings (SSSR count). The van der Waals surface area contributed by atoms with Crippen LogP contribution in [0.5, 0.6) is 0 Å². The zero-order valence-corrected chi connectivity index (χ0v) is 39.6. The molecule has 0 aliphatic carbocycles. The summed E-state index contributed by atoms with van der Waals surface area (Å²) in [5.74, 6) is -0.219. The first-order valence-corrected chi connectivity index (χ1v) is 25.3. The molecule has 11 nitrogen and oxygen atoms in total. The Hall–Kier alpha value is -1.20. The van der Waals surface area contributed by atoms with Gasteiger partial charge in [0, 0.05) is 34.4 Å². The van der Waals surface area contributed by atoms with Gasteiger partial charge in [0.2, 0.25) is 0 Å². The average molecular weight is 900 g/mol. The summed E-state index contributed by atoms with van der Waals surface area (Å²) in [6.45, 7) is 8.21. The van der Waals surface area contributed by atoms with Gasteiger partial charge >= 0.3 is 0 Å². The van der Waals surface area contributed by atoms with E-state index in [1.165, 1.54) is 115 Å². The van der Waals surface area contributed by atoms with Crippen molar-refractivity contribution in [3.8, 4) is 0 Å². The van der Waals surface area contributed by atoms with Gasteiger partial charge < -0.3 is 10.4 Å². The number of hydrogen-bond acceptors (Lipinski definition) is 8. The van der Waals surface area contributed by atoms with Gasteiger partial charge in [0.25, 0.3) is 30.4 Å². The van der Waals surface area contributed by atoms with E-state index in [4.69, 9.17) is 9.66 Å². The summed E-state index contributed by atoms with van der Waals surface area (Å²) < 4.78 is 91.5. The second-order valence-corrected chi connectivity index (χ2v) is 18.9. The molecule has 0 bridgehead atoms. The molecule has 332 valence electrons. The van der Waals surface area contributed by atoms with Gasteiger partial charge in [-0.3, -0.25) is 13.7 Å². The first-order valence-electron chi connectivity index (χ1n) is 20.8. The van der Waals surface area contributed by atoms with Gasteiger partial charge in [0.15, 0.2) is 0 Å². The Labute approximate surface area is 363 Å². The Morgan fingerprint density at radius 3 is 1.00 bits per heavy atom. The second kappa shape index (κ2) is 37.8. The molecular weight excluding hydrogens is 823 g/mol. The van der Waals surface area contributed by atoms with E-state index in [0.717, 1.165) is 36.8 Å². The Morgan fingerprint density at radius 2 is 0.772 bits per heavy atom. The van der Waals surface area contributed by atoms with E-state index in [2.05, 4.69) is 19.2 Å². The summed E-state index contributed by atoms with van der Waals surface area (Å²) in [5.41, 5.74) is 1.45. The van der Waals surface area contributed by atoms with E-state index in [1.807, 2.05) is 12.1 Å². The van der Waals surface area contributed by atoms with Crippen LogP contribution in [0.1, 0.15) is 167 Å². The van der Waals surface area contributed by atoms with Crippen LogP contribution in [0.4, 0.5) is 0 Å². The van der Waals surface area contributed by atoms with E-state index < -0.39 is 30.4 Å². The van der Waals surface area contributed by atoms with Gasteiger partial charge in [-0.1, -0.05) is 166 Å². The molecule has 2 aromatic rings. The maximum Gasteiger partial charge on any atom is 0.294 e. The molecule has 0 unspecified atom stereocenters. The summed E-state index contributed by atoms with van der Waals surface area (Å²) in [5, 5.41) is 10.6. The minimum atomic E-state index is -4.10. The van der Waals surface area contributed by atoms with Crippen molar-refractivity contribution in [2.24, 2.45) is 0 Å². The summed E-state index contributed by atoms with van der Waals surface area (Å²) in [6, 6.07) is 13.5. The van der Waals surface area contributed by atoms with Crippen LogP contribution in [0.25, 0.3) is 0 Å². The van der Waals surface area contributed by atoms with Crippen molar-refractivity contribution in [1.29, 1.82) is 0 Å². The number of nitrogens with one attached hydrogen (secondary N) is 1. The maximum absolute atomic E-state index is 11.3. The van der Waals surface area contributed by atoms with Crippen molar-refractivity contribution in [1.82, 2.24) is 5.32 Å². The number of aliphatic hydroxyl groups excluding tert-OH is 1. The Kier molecular flexibility index (Phi) is 39.8. The molecule has 0 spiro atoms. The van der Waals surface area contributed by atoms with Gasteiger partial charge in [0.05, 0.1) is 15.5 Å². The molecule has 0 aliphatic heterocycles. The van der Waals surface area contributed by atoms with Crippen LogP contribution in [-0.4, -0.2) is 69.5 Å². The van der Waals surface area contributed by atoms with Gasteiger partial charge in [-0.25, -0.2) is 0 Å². The molecule has 0 aromatic heterocycles. The van der Waals surface area contributed by atoms with Crippen LogP contribution < -0.4 is 5.32 Å². The normalized spacial score (nSPS) is 11.3. The minimum Gasteiger partial charge on any atom is -0.394 e. The molecule has 5 N–H and O–H groups in total. The monoisotopic (exact) mass is 899 g/mol. The van der Waals surface area contributed by atoms with Crippen molar-refractivity contribution in [2.45, 2.75) is 185 Å². The Morgan fingerprint density at radius 1 is 0.509 bits per heavy atom. The summed E-state index contributed by atoms with van der Waals surface area (Å²) in [6.07, 6.45) is 26.5. The van der Waals surface area contributed by atoms with Crippen molar-refractivity contribution in [3.63, 3.8) is 0 Å². The second-order valence-electron chi connectivity index (χ2n) is 14.5. The van der Waals surface area contributed by atoms with Gasteiger partial charge in [-0.05, 0) is 69.8 Å². The van der Waals surface area contributed by atoms with Gasteiger partial charge in [-0.2, -0.15) is 25.3 Å². The fraction of sp³-hybridized carbons (Fsp3) is 0.714. The Balaban J connectivity index is -0.000000787. The molecule has 15 heteroatoms. The molecule has 57 heavy (non-hydrogen) atoms. The van der Waals surface area contributed by atoms with Crippen LogP contribution in [-0.2, 0) is 64.9 Å². The molecule has 0 amide bonds. The van der Waals surface area contributed by atoms with Crippen LogP contribution >= 0.6 is 0 Å². The van der Waals surface area contributed by atoms with E-state index in [9.17, 15) is 34.4 Å². The van der Waals surface area contributed by atoms with Gasteiger partial charge in [0.1, 0.15) is 0 Å². The zero-order chi connectivity index (χ0) is 42.7. The predicted octanol–water partition coefficient (Wildman–Crippen LogP) is 10.3. The third kappa shape index (κ3) is 40.0. The fourth-order valence-corrected chi connectivity index (χ4v) is 7.73. The smallest absolute Gasteiger partial charge is 0.294 e. The number of benzene rings is 2. The van der Waals surface area contributed by atoms with E-state index >= 15 is 0 Å². The largest absolute Gasteiger partial charge is 0.394 e. The molecule has 0 saturated carbocycles. The van der Waals surface area contributed by atoms with E-state index in [0.29, 0.717) is 19.4 Å². The third-order valence-electron chi connectivity index (χ3n) is 8.71. The summed E-state index contributed by atoms with van der Waals surface area (Å²) >= 11 is 0. The number of rotatable bonds is 27. The predicted molar refractivity (Wildman–Crippen MR) is 231 cm³/mol.